The Balaban J connectivity index is 0. The zero-order valence-electron chi connectivity index (χ0n) is 46.1. The Labute approximate surface area is 452 Å². The lowest BCUT2D eigenvalue weighted by Gasteiger charge is -2.35. The number of hydrogen-bond acceptors (Lipinski definition) is 4. The molecule has 0 aliphatic heterocycles. The maximum Gasteiger partial charge on any atom is 0.118 e. The van der Waals surface area contributed by atoms with Crippen molar-refractivity contribution in [2.24, 2.45) is 16.2 Å². The first-order valence-corrected chi connectivity index (χ1v) is 25.2. The summed E-state index contributed by atoms with van der Waals surface area (Å²) in [5, 5.41) is 10.4. The number of ether oxygens (including phenoxy) is 3. The van der Waals surface area contributed by atoms with E-state index in [0.717, 1.165) is 55.6 Å². The van der Waals surface area contributed by atoms with E-state index in [2.05, 4.69) is 147 Å². The molecule has 0 heterocycles. The third-order valence-electron chi connectivity index (χ3n) is 14.5. The van der Waals surface area contributed by atoms with Gasteiger partial charge in [-0.1, -0.05) is 152 Å². The standard InChI is InChI=1S/2C20H28O.C19H28O2.C3H4.2CH4.B3.ClH/c2*1-15(17-9-11-18(21-5)12-10-17)8-13-19-16(2)7-6-14-20(19,3)4;1-14-6-5-13-19(2,3)17(14)11-12-18(20)15-7-9-16(21-4)10-8-15;1-3-2;;;1-3-2;/h2*8-12H,6-7,13-14H2,1-5H3;7-10,18,20H,5-6,11-13H2,1-4H3;1-2H2;2*1H4;;1H/b15-8+;15-8-;;;;;;. The number of benzene rings is 3. The summed E-state index contributed by atoms with van der Waals surface area (Å²) in [5.74, 6) is 2.66. The van der Waals surface area contributed by atoms with Crippen molar-refractivity contribution in [3.05, 3.63) is 154 Å². The Morgan fingerprint density at radius 3 is 1.15 bits per heavy atom. The van der Waals surface area contributed by atoms with Gasteiger partial charge in [-0.2, -0.15) is 0 Å². The molecular weight excluding hydrogens is 901 g/mol. The Kier molecular flexibility index (Phi) is 33.9. The molecule has 0 fully saturated rings. The minimum absolute atomic E-state index is 0. The summed E-state index contributed by atoms with van der Waals surface area (Å²) in [6.07, 6.45) is 19.9. The first-order chi connectivity index (χ1) is 32.6. The summed E-state index contributed by atoms with van der Waals surface area (Å²) in [4.78, 5) is 0. The molecule has 0 amide bonds. The van der Waals surface area contributed by atoms with Crippen molar-refractivity contribution in [2.45, 2.75) is 181 Å². The highest BCUT2D eigenvalue weighted by molar-refractivity contribution is 7.17. The summed E-state index contributed by atoms with van der Waals surface area (Å²) >= 11 is 0. The van der Waals surface area contributed by atoms with Crippen LogP contribution in [0.25, 0.3) is 11.1 Å². The molecule has 0 bridgehead atoms. The van der Waals surface area contributed by atoms with Crippen LogP contribution in [0.15, 0.2) is 137 Å². The van der Waals surface area contributed by atoms with Gasteiger partial charge in [0, 0.05) is 22.5 Å². The molecule has 8 heteroatoms. The third-order valence-corrected chi connectivity index (χ3v) is 14.5. The van der Waals surface area contributed by atoms with Gasteiger partial charge in [-0.3, -0.25) is 0 Å². The van der Waals surface area contributed by atoms with Crippen LogP contribution in [0.2, 0.25) is 0 Å². The van der Waals surface area contributed by atoms with Crippen LogP contribution in [0.1, 0.15) is 197 Å². The van der Waals surface area contributed by atoms with E-state index in [0.29, 0.717) is 16.2 Å². The van der Waals surface area contributed by atoms with Gasteiger partial charge < -0.3 is 19.3 Å². The molecule has 3 aliphatic rings. The molecule has 393 valence electrons. The number of aliphatic hydroxyl groups excluding tert-OH is 1. The van der Waals surface area contributed by atoms with Crippen molar-refractivity contribution in [3.63, 3.8) is 0 Å². The zero-order chi connectivity index (χ0) is 51.8. The van der Waals surface area contributed by atoms with Crippen molar-refractivity contribution in [1.82, 2.24) is 0 Å². The highest BCUT2D eigenvalue weighted by Crippen LogP contribution is 2.45. The quantitative estimate of drug-likeness (QED) is 0.105. The van der Waals surface area contributed by atoms with Crippen molar-refractivity contribution in [1.29, 1.82) is 0 Å². The fourth-order valence-electron chi connectivity index (χ4n) is 10.2. The Morgan fingerprint density at radius 2 is 0.875 bits per heavy atom. The van der Waals surface area contributed by atoms with Crippen LogP contribution in [0.5, 0.6) is 17.2 Å². The molecule has 1 N–H and O–H groups in total. The lowest BCUT2D eigenvalue weighted by molar-refractivity contribution is 0.164. The Morgan fingerprint density at radius 1 is 0.597 bits per heavy atom. The van der Waals surface area contributed by atoms with E-state index in [1.807, 2.05) is 48.5 Å². The Hall–Kier alpha value is -4.28. The molecule has 5 radical (unpaired) electrons. The van der Waals surface area contributed by atoms with Gasteiger partial charge in [-0.05, 0) is 199 Å². The van der Waals surface area contributed by atoms with E-state index in [9.17, 15) is 5.11 Å². The minimum Gasteiger partial charge on any atom is -0.497 e. The summed E-state index contributed by atoms with van der Waals surface area (Å²) < 4.78 is 15.6. The van der Waals surface area contributed by atoms with Gasteiger partial charge in [0.15, 0.2) is 0 Å². The minimum atomic E-state index is -0.395. The van der Waals surface area contributed by atoms with Crippen molar-refractivity contribution in [2.75, 3.05) is 21.3 Å². The second-order valence-corrected chi connectivity index (χ2v) is 20.9. The van der Waals surface area contributed by atoms with E-state index in [-0.39, 0.29) is 27.3 Å². The van der Waals surface area contributed by atoms with Crippen LogP contribution in [-0.4, -0.2) is 49.0 Å². The smallest absolute Gasteiger partial charge is 0.118 e. The van der Waals surface area contributed by atoms with Crippen LogP contribution < -0.4 is 14.2 Å². The molecule has 3 aromatic carbocycles. The predicted molar refractivity (Wildman–Crippen MR) is 323 cm³/mol. The summed E-state index contributed by atoms with van der Waals surface area (Å²) in [6.45, 7) is 31.8. The molecule has 3 aromatic rings. The topological polar surface area (TPSA) is 47.9 Å². The molecule has 3 aliphatic carbocycles. The summed E-state index contributed by atoms with van der Waals surface area (Å²) in [5.41, 5.74) is 19.1. The predicted octanol–water partition coefficient (Wildman–Crippen LogP) is 18.6. The first-order valence-electron chi connectivity index (χ1n) is 25.2. The lowest BCUT2D eigenvalue weighted by Crippen LogP contribution is -2.20. The van der Waals surface area contributed by atoms with Crippen LogP contribution in [0, 0.1) is 16.2 Å². The second-order valence-electron chi connectivity index (χ2n) is 20.9. The Bertz CT molecular complexity index is 2100. The maximum atomic E-state index is 10.4. The average Bonchev–Trinajstić information content (AvgIpc) is 3.31. The summed E-state index contributed by atoms with van der Waals surface area (Å²) in [6, 6.07) is 24.4. The van der Waals surface area contributed by atoms with Gasteiger partial charge in [0.25, 0.3) is 0 Å². The van der Waals surface area contributed by atoms with Crippen molar-refractivity contribution >= 4 is 46.1 Å². The number of hydrogen-bond donors (Lipinski definition) is 1. The van der Waals surface area contributed by atoms with Crippen molar-refractivity contribution in [3.8, 4) is 17.2 Å². The molecule has 1 atom stereocenters. The highest BCUT2D eigenvalue weighted by atomic mass is 35.5. The van der Waals surface area contributed by atoms with Crippen LogP contribution in [0.4, 0.5) is 0 Å². The lowest BCUT2D eigenvalue weighted by atomic mass is 9.40. The number of methoxy groups -OCH3 is 3. The monoisotopic (exact) mass is 998 g/mol. The zero-order valence-corrected chi connectivity index (χ0v) is 46.9. The van der Waals surface area contributed by atoms with Crippen LogP contribution in [0.3, 0.4) is 0 Å². The van der Waals surface area contributed by atoms with Crippen molar-refractivity contribution < 1.29 is 19.3 Å². The van der Waals surface area contributed by atoms with E-state index >= 15 is 0 Å². The molecule has 1 unspecified atom stereocenters. The van der Waals surface area contributed by atoms with Crippen LogP contribution >= 0.6 is 12.4 Å². The number of aliphatic hydroxyl groups is 1. The van der Waals surface area contributed by atoms with E-state index in [1.165, 1.54) is 85.6 Å². The molecule has 6 rings (SSSR count). The largest absolute Gasteiger partial charge is 0.497 e. The van der Waals surface area contributed by atoms with Gasteiger partial charge in [-0.25, -0.2) is 0 Å². The normalized spacial score (nSPS) is 16.9. The first kappa shape index (κ1) is 69.8. The molecular formula is C64H97B3ClO4. The molecule has 0 saturated carbocycles. The number of allylic oxidation sites excluding steroid dienone is 10. The number of halogens is 1. The van der Waals surface area contributed by atoms with E-state index in [1.54, 1.807) is 49.2 Å². The van der Waals surface area contributed by atoms with Gasteiger partial charge in [-0.15, -0.1) is 18.1 Å². The molecule has 4 nitrogen and oxygen atoms in total. The average molecular weight is 998 g/mol. The highest BCUT2D eigenvalue weighted by Gasteiger charge is 2.30. The van der Waals surface area contributed by atoms with Gasteiger partial charge in [0.1, 0.15) is 17.2 Å². The van der Waals surface area contributed by atoms with Crippen LogP contribution in [-0.2, 0) is 0 Å². The molecule has 0 aromatic heterocycles. The van der Waals surface area contributed by atoms with Gasteiger partial charge >= 0.3 is 0 Å². The number of rotatable bonds is 13. The van der Waals surface area contributed by atoms with E-state index in [4.69, 9.17) is 14.2 Å². The fourth-order valence-corrected chi connectivity index (χ4v) is 10.2. The SMILES string of the molecule is C.C.C=C=C.COc1ccc(/C(C)=C/CC2=C(C)CCCC2(C)C)cc1.COc1ccc(/C(C)=C\CC2=C(C)CCCC2(C)C)cc1.COc1ccc(C(O)CCC2=C(C)CCCC2(C)C)cc1.Cl.[B][B][B]. The summed E-state index contributed by atoms with van der Waals surface area (Å²) in [7, 11) is 15.1. The third kappa shape index (κ3) is 22.9. The maximum absolute atomic E-state index is 10.4. The van der Waals surface area contributed by atoms with E-state index < -0.39 is 6.10 Å². The van der Waals surface area contributed by atoms with Gasteiger partial charge in [0.2, 0.25) is 0 Å². The van der Waals surface area contributed by atoms with Gasteiger partial charge in [0.05, 0.1) is 27.4 Å². The molecule has 72 heavy (non-hydrogen) atoms. The fraction of sp³-hybridized carbons (Fsp3) is 0.516. The molecule has 0 spiro atoms. The second kappa shape index (κ2) is 35.0. The molecule has 0 saturated heterocycles.